The lowest BCUT2D eigenvalue weighted by atomic mass is 10.1. The molecular weight excluding hydrogens is 195 g/mol. The fraction of sp³-hybridized carbons (Fsp3) is 0.500. The minimum absolute atomic E-state index is 0.359. The first-order valence-electron chi connectivity index (χ1n) is 5.11. The van der Waals surface area contributed by atoms with Gasteiger partial charge in [0.15, 0.2) is 0 Å². The molecule has 0 unspecified atom stereocenters. The van der Waals surface area contributed by atoms with Crippen molar-refractivity contribution >= 4 is 0 Å². The number of aliphatic hydroxyl groups excluding tert-OH is 1. The molecule has 2 nitrogen and oxygen atoms in total. The Morgan fingerprint density at radius 1 is 1.33 bits per heavy atom. The molecule has 0 aliphatic heterocycles. The number of hydrogen-bond donors (Lipinski definition) is 1. The zero-order chi connectivity index (χ0) is 11.4. The molecular formula is C12H17FO2. The minimum Gasteiger partial charge on any atom is -0.493 e. The van der Waals surface area contributed by atoms with Gasteiger partial charge in [-0.1, -0.05) is 13.8 Å². The van der Waals surface area contributed by atoms with Crippen LogP contribution >= 0.6 is 0 Å². The third-order valence-corrected chi connectivity index (χ3v) is 1.99. The quantitative estimate of drug-likeness (QED) is 0.831. The van der Waals surface area contributed by atoms with Crippen LogP contribution in [-0.2, 0) is 0 Å². The molecule has 0 amide bonds. The van der Waals surface area contributed by atoms with Crippen LogP contribution in [-0.4, -0.2) is 11.7 Å². The van der Waals surface area contributed by atoms with E-state index in [-0.39, 0.29) is 5.82 Å². The van der Waals surface area contributed by atoms with Crippen LogP contribution in [0.1, 0.15) is 32.4 Å². The zero-order valence-corrected chi connectivity index (χ0v) is 9.33. The van der Waals surface area contributed by atoms with Gasteiger partial charge >= 0.3 is 0 Å². The first kappa shape index (κ1) is 12.0. The van der Waals surface area contributed by atoms with E-state index in [1.807, 2.05) is 13.8 Å². The van der Waals surface area contributed by atoms with Crippen LogP contribution in [0.4, 0.5) is 4.39 Å². The second-order valence-corrected chi connectivity index (χ2v) is 4.06. The minimum atomic E-state index is -0.720. The van der Waals surface area contributed by atoms with Crippen molar-refractivity contribution in [2.75, 3.05) is 6.61 Å². The maximum atomic E-state index is 12.9. The van der Waals surface area contributed by atoms with Gasteiger partial charge in [-0.3, -0.25) is 0 Å². The van der Waals surface area contributed by atoms with Gasteiger partial charge in [-0.15, -0.1) is 0 Å². The number of aliphatic hydroxyl groups is 1. The monoisotopic (exact) mass is 212 g/mol. The van der Waals surface area contributed by atoms with E-state index < -0.39 is 6.10 Å². The standard InChI is InChI=1S/C12H17FO2/c1-8(2)7-15-12-5-4-10(13)6-11(12)9(3)14/h4-6,8-9,14H,7H2,1-3H3/t9-/m0/s1. The molecule has 0 radical (unpaired) electrons. The summed E-state index contributed by atoms with van der Waals surface area (Å²) in [5.74, 6) is 0.597. The number of ether oxygens (including phenoxy) is 1. The highest BCUT2D eigenvalue weighted by molar-refractivity contribution is 5.35. The Morgan fingerprint density at radius 2 is 2.00 bits per heavy atom. The average Bonchev–Trinajstić information content (AvgIpc) is 2.15. The Hall–Kier alpha value is -1.09. The van der Waals surface area contributed by atoms with Crippen molar-refractivity contribution in [1.29, 1.82) is 0 Å². The molecule has 15 heavy (non-hydrogen) atoms. The molecule has 0 saturated carbocycles. The Bertz CT molecular complexity index is 321. The van der Waals surface area contributed by atoms with Crippen molar-refractivity contribution in [3.63, 3.8) is 0 Å². The second kappa shape index (κ2) is 5.12. The number of halogens is 1. The van der Waals surface area contributed by atoms with E-state index in [0.717, 1.165) is 0 Å². The van der Waals surface area contributed by atoms with Crippen LogP contribution in [0, 0.1) is 11.7 Å². The molecule has 0 spiro atoms. The highest BCUT2D eigenvalue weighted by Crippen LogP contribution is 2.26. The SMILES string of the molecule is CC(C)COc1ccc(F)cc1[C@H](C)O. The van der Waals surface area contributed by atoms with E-state index in [0.29, 0.717) is 23.8 Å². The predicted molar refractivity (Wildman–Crippen MR) is 57.4 cm³/mol. The number of hydrogen-bond acceptors (Lipinski definition) is 2. The number of benzene rings is 1. The first-order chi connectivity index (χ1) is 7.00. The highest BCUT2D eigenvalue weighted by atomic mass is 19.1. The lowest BCUT2D eigenvalue weighted by Crippen LogP contribution is -2.07. The van der Waals surface area contributed by atoms with E-state index in [2.05, 4.69) is 0 Å². The van der Waals surface area contributed by atoms with Gasteiger partial charge in [0, 0.05) is 5.56 Å². The first-order valence-corrected chi connectivity index (χ1v) is 5.11. The Balaban J connectivity index is 2.86. The largest absolute Gasteiger partial charge is 0.493 e. The maximum Gasteiger partial charge on any atom is 0.125 e. The van der Waals surface area contributed by atoms with Gasteiger partial charge in [0.05, 0.1) is 12.7 Å². The van der Waals surface area contributed by atoms with Gasteiger partial charge in [0.1, 0.15) is 11.6 Å². The summed E-state index contributed by atoms with van der Waals surface area (Å²) < 4.78 is 18.4. The summed E-state index contributed by atoms with van der Waals surface area (Å²) in [6.45, 7) is 6.22. The lowest BCUT2D eigenvalue weighted by molar-refractivity contribution is 0.187. The molecule has 0 aliphatic rings. The second-order valence-electron chi connectivity index (χ2n) is 4.06. The molecule has 0 aliphatic carbocycles. The average molecular weight is 212 g/mol. The molecule has 0 aromatic heterocycles. The van der Waals surface area contributed by atoms with Crippen LogP contribution in [0.15, 0.2) is 18.2 Å². The summed E-state index contributed by atoms with van der Waals surface area (Å²) in [4.78, 5) is 0. The highest BCUT2D eigenvalue weighted by Gasteiger charge is 2.10. The third-order valence-electron chi connectivity index (χ3n) is 1.99. The molecule has 0 saturated heterocycles. The van der Waals surface area contributed by atoms with Crippen molar-refractivity contribution in [1.82, 2.24) is 0 Å². The fourth-order valence-corrected chi connectivity index (χ4v) is 1.23. The van der Waals surface area contributed by atoms with Crippen LogP contribution in [0.2, 0.25) is 0 Å². The normalized spacial score (nSPS) is 12.9. The van der Waals surface area contributed by atoms with Crippen molar-refractivity contribution < 1.29 is 14.2 Å². The van der Waals surface area contributed by atoms with Crippen molar-refractivity contribution in [3.8, 4) is 5.75 Å². The van der Waals surface area contributed by atoms with E-state index in [1.165, 1.54) is 12.1 Å². The zero-order valence-electron chi connectivity index (χ0n) is 9.33. The molecule has 1 aromatic rings. The summed E-state index contributed by atoms with van der Waals surface area (Å²) in [7, 11) is 0. The van der Waals surface area contributed by atoms with Gasteiger partial charge in [-0.05, 0) is 31.0 Å². The van der Waals surface area contributed by atoms with Crippen LogP contribution < -0.4 is 4.74 Å². The Kier molecular flexibility index (Phi) is 4.09. The van der Waals surface area contributed by atoms with Gasteiger partial charge in [0.2, 0.25) is 0 Å². The molecule has 1 atom stereocenters. The molecule has 1 aromatic carbocycles. The molecule has 1 N–H and O–H groups in total. The topological polar surface area (TPSA) is 29.5 Å². The maximum absolute atomic E-state index is 12.9. The van der Waals surface area contributed by atoms with Crippen molar-refractivity contribution in [2.24, 2.45) is 5.92 Å². The van der Waals surface area contributed by atoms with Crippen LogP contribution in [0.5, 0.6) is 5.75 Å². The van der Waals surface area contributed by atoms with Crippen molar-refractivity contribution in [3.05, 3.63) is 29.6 Å². The Labute approximate surface area is 89.7 Å². The molecule has 0 fully saturated rings. The van der Waals surface area contributed by atoms with E-state index in [9.17, 15) is 9.50 Å². The summed E-state index contributed by atoms with van der Waals surface area (Å²) in [6.07, 6.45) is -0.720. The smallest absolute Gasteiger partial charge is 0.125 e. The van der Waals surface area contributed by atoms with Gasteiger partial charge in [-0.25, -0.2) is 4.39 Å². The van der Waals surface area contributed by atoms with Gasteiger partial charge in [0.25, 0.3) is 0 Å². The summed E-state index contributed by atoms with van der Waals surface area (Å²) in [5.41, 5.74) is 0.496. The molecule has 84 valence electrons. The van der Waals surface area contributed by atoms with Crippen molar-refractivity contribution in [2.45, 2.75) is 26.9 Å². The molecule has 1 rings (SSSR count). The van der Waals surface area contributed by atoms with Crippen LogP contribution in [0.3, 0.4) is 0 Å². The summed E-state index contributed by atoms with van der Waals surface area (Å²) in [5, 5.41) is 9.45. The molecule has 0 bridgehead atoms. The number of rotatable bonds is 4. The summed E-state index contributed by atoms with van der Waals surface area (Å²) >= 11 is 0. The van der Waals surface area contributed by atoms with Gasteiger partial charge < -0.3 is 9.84 Å². The molecule has 0 heterocycles. The van der Waals surface area contributed by atoms with E-state index >= 15 is 0 Å². The lowest BCUT2D eigenvalue weighted by Gasteiger charge is -2.14. The van der Waals surface area contributed by atoms with Crippen LogP contribution in [0.25, 0.3) is 0 Å². The Morgan fingerprint density at radius 3 is 2.53 bits per heavy atom. The van der Waals surface area contributed by atoms with Gasteiger partial charge in [-0.2, -0.15) is 0 Å². The van der Waals surface area contributed by atoms with E-state index in [4.69, 9.17) is 4.74 Å². The molecule has 3 heteroatoms. The summed E-state index contributed by atoms with van der Waals surface area (Å²) in [6, 6.07) is 4.20. The fourth-order valence-electron chi connectivity index (χ4n) is 1.23. The predicted octanol–water partition coefficient (Wildman–Crippen LogP) is 2.91. The third kappa shape index (κ3) is 3.51. The van der Waals surface area contributed by atoms with E-state index in [1.54, 1.807) is 13.0 Å².